The molecule has 0 aromatic carbocycles. The molecular formula is C9H14N4OS. The summed E-state index contributed by atoms with van der Waals surface area (Å²) in [5, 5.41) is 0. The summed E-state index contributed by atoms with van der Waals surface area (Å²) in [6.45, 7) is 2.73. The van der Waals surface area contributed by atoms with Gasteiger partial charge in [0.05, 0.1) is 17.9 Å². The number of imidazole rings is 1. The van der Waals surface area contributed by atoms with E-state index < -0.39 is 0 Å². The summed E-state index contributed by atoms with van der Waals surface area (Å²) >= 11 is 4.77. The first kappa shape index (κ1) is 11.6. The zero-order valence-electron chi connectivity index (χ0n) is 8.80. The van der Waals surface area contributed by atoms with Gasteiger partial charge >= 0.3 is 0 Å². The predicted molar refractivity (Wildman–Crippen MR) is 61.6 cm³/mol. The average molecular weight is 226 g/mol. The van der Waals surface area contributed by atoms with Crippen molar-refractivity contribution < 1.29 is 4.79 Å². The van der Waals surface area contributed by atoms with Crippen LogP contribution in [0.1, 0.15) is 17.4 Å². The van der Waals surface area contributed by atoms with Crippen LogP contribution in [0.2, 0.25) is 0 Å². The van der Waals surface area contributed by atoms with Crippen LogP contribution < -0.4 is 5.73 Å². The van der Waals surface area contributed by atoms with E-state index >= 15 is 0 Å². The molecule has 6 heteroatoms. The number of hydrogen-bond acceptors (Lipinski definition) is 3. The molecule has 0 bridgehead atoms. The molecule has 0 atom stereocenters. The Morgan fingerprint density at radius 3 is 2.80 bits per heavy atom. The van der Waals surface area contributed by atoms with E-state index in [0.717, 1.165) is 0 Å². The summed E-state index contributed by atoms with van der Waals surface area (Å²) in [6.07, 6.45) is 3.26. The number of aromatic nitrogens is 2. The molecule has 0 unspecified atom stereocenters. The van der Waals surface area contributed by atoms with Crippen molar-refractivity contribution in [2.45, 2.75) is 6.92 Å². The summed E-state index contributed by atoms with van der Waals surface area (Å²) in [5.41, 5.74) is 5.81. The van der Waals surface area contributed by atoms with Gasteiger partial charge in [-0.3, -0.25) is 4.79 Å². The molecule has 0 aliphatic rings. The predicted octanol–water partition coefficient (Wildman–Crippen LogP) is 0.168. The normalized spacial score (nSPS) is 10.0. The molecule has 2 N–H and O–H groups in total. The Labute approximate surface area is 93.9 Å². The van der Waals surface area contributed by atoms with Crippen LogP contribution in [0.25, 0.3) is 0 Å². The lowest BCUT2D eigenvalue weighted by molar-refractivity contribution is 0.0782. The Morgan fingerprint density at radius 2 is 2.40 bits per heavy atom. The third-order valence-corrected chi connectivity index (χ3v) is 2.07. The maximum absolute atomic E-state index is 11.9. The molecule has 0 saturated carbocycles. The fourth-order valence-corrected chi connectivity index (χ4v) is 1.36. The molecule has 1 rings (SSSR count). The van der Waals surface area contributed by atoms with E-state index in [4.69, 9.17) is 18.0 Å². The first-order valence-electron chi connectivity index (χ1n) is 4.60. The second-order valence-corrected chi connectivity index (χ2v) is 3.73. The van der Waals surface area contributed by atoms with E-state index in [1.54, 1.807) is 22.0 Å². The smallest absolute Gasteiger partial charge is 0.274 e. The third-order valence-electron chi connectivity index (χ3n) is 1.94. The summed E-state index contributed by atoms with van der Waals surface area (Å²) in [7, 11) is 1.81. The molecular weight excluding hydrogens is 212 g/mol. The monoisotopic (exact) mass is 226 g/mol. The fourth-order valence-electron chi connectivity index (χ4n) is 1.20. The highest BCUT2D eigenvalue weighted by atomic mass is 32.1. The van der Waals surface area contributed by atoms with E-state index in [1.807, 2.05) is 14.0 Å². The number of aryl methyl sites for hydroxylation is 1. The van der Waals surface area contributed by atoms with Crippen LogP contribution in [0.3, 0.4) is 0 Å². The zero-order chi connectivity index (χ0) is 11.4. The summed E-state index contributed by atoms with van der Waals surface area (Å²) in [4.78, 5) is 17.7. The molecule has 1 heterocycles. The van der Waals surface area contributed by atoms with Gasteiger partial charge in [-0.15, -0.1) is 0 Å². The van der Waals surface area contributed by atoms with Crippen molar-refractivity contribution in [3.05, 3.63) is 18.2 Å². The van der Waals surface area contributed by atoms with Gasteiger partial charge in [0.2, 0.25) is 0 Å². The number of carbonyl (C=O) groups is 1. The van der Waals surface area contributed by atoms with E-state index in [9.17, 15) is 4.79 Å². The number of nitrogens with zero attached hydrogens (tertiary/aromatic N) is 3. The third kappa shape index (κ3) is 3.02. The molecule has 1 amide bonds. The van der Waals surface area contributed by atoms with Gasteiger partial charge < -0.3 is 15.2 Å². The van der Waals surface area contributed by atoms with Gasteiger partial charge in [-0.2, -0.15) is 0 Å². The summed E-state index contributed by atoms with van der Waals surface area (Å²) < 4.78 is 1.72. The Hall–Kier alpha value is -1.43. The molecule has 82 valence electrons. The van der Waals surface area contributed by atoms with Gasteiger partial charge in [0.15, 0.2) is 0 Å². The lowest BCUT2D eigenvalue weighted by Gasteiger charge is -2.18. The van der Waals surface area contributed by atoms with Gasteiger partial charge in [0.1, 0.15) is 5.69 Å². The second kappa shape index (κ2) is 4.88. The van der Waals surface area contributed by atoms with Crippen LogP contribution in [0, 0.1) is 0 Å². The molecule has 1 aromatic heterocycles. The Kier molecular flexibility index (Phi) is 3.79. The molecule has 15 heavy (non-hydrogen) atoms. The van der Waals surface area contributed by atoms with E-state index in [0.29, 0.717) is 23.8 Å². The largest absolute Gasteiger partial charge is 0.392 e. The number of hydrogen-bond donors (Lipinski definition) is 1. The topological polar surface area (TPSA) is 64.2 Å². The number of carbonyl (C=O) groups excluding carboxylic acids is 1. The molecule has 0 spiro atoms. The van der Waals surface area contributed by atoms with E-state index in [-0.39, 0.29) is 5.91 Å². The summed E-state index contributed by atoms with van der Waals surface area (Å²) in [6, 6.07) is 0. The second-order valence-electron chi connectivity index (χ2n) is 3.21. The number of nitrogens with two attached hydrogens (primary N) is 1. The van der Waals surface area contributed by atoms with Gasteiger partial charge in [-0.05, 0) is 6.92 Å². The first-order valence-corrected chi connectivity index (χ1v) is 5.01. The maximum atomic E-state index is 11.9. The first-order chi connectivity index (χ1) is 7.04. The minimum Gasteiger partial charge on any atom is -0.392 e. The molecule has 5 nitrogen and oxygen atoms in total. The standard InChI is InChI=1S/C9H14N4OS/c1-3-13(5-8(10)15)9(14)7-4-12(2)6-11-7/h4,6H,3,5H2,1-2H3,(H2,10,15). The van der Waals surface area contributed by atoms with Crippen LogP contribution in [0.5, 0.6) is 0 Å². The molecule has 0 aliphatic carbocycles. The highest BCUT2D eigenvalue weighted by Gasteiger charge is 2.16. The van der Waals surface area contributed by atoms with Crippen molar-refractivity contribution in [1.82, 2.24) is 14.5 Å². The van der Waals surface area contributed by atoms with Crippen LogP contribution >= 0.6 is 12.2 Å². The fraction of sp³-hybridized carbons (Fsp3) is 0.444. The Balaban J connectivity index is 2.77. The summed E-state index contributed by atoms with van der Waals surface area (Å²) in [5.74, 6) is -0.147. The van der Waals surface area contributed by atoms with Gasteiger partial charge in [0, 0.05) is 19.8 Å². The van der Waals surface area contributed by atoms with Crippen molar-refractivity contribution in [3.8, 4) is 0 Å². The lowest BCUT2D eigenvalue weighted by atomic mass is 10.3. The minimum absolute atomic E-state index is 0.147. The molecule has 0 radical (unpaired) electrons. The van der Waals surface area contributed by atoms with Crippen molar-refractivity contribution in [3.63, 3.8) is 0 Å². The molecule has 0 saturated heterocycles. The van der Waals surface area contributed by atoms with Gasteiger partial charge in [-0.1, -0.05) is 12.2 Å². The average Bonchev–Trinajstić information content (AvgIpc) is 2.60. The number of rotatable bonds is 4. The minimum atomic E-state index is -0.147. The van der Waals surface area contributed by atoms with Crippen molar-refractivity contribution in [2.24, 2.45) is 12.8 Å². The number of amides is 1. The van der Waals surface area contributed by atoms with Crippen LogP contribution in [0.15, 0.2) is 12.5 Å². The maximum Gasteiger partial charge on any atom is 0.274 e. The lowest BCUT2D eigenvalue weighted by Crippen LogP contribution is -2.37. The molecule has 1 aromatic rings. The zero-order valence-corrected chi connectivity index (χ0v) is 9.62. The van der Waals surface area contributed by atoms with E-state index in [1.165, 1.54) is 0 Å². The quantitative estimate of drug-likeness (QED) is 0.743. The van der Waals surface area contributed by atoms with Gasteiger partial charge in [-0.25, -0.2) is 4.98 Å². The highest BCUT2D eigenvalue weighted by Crippen LogP contribution is 2.01. The SMILES string of the molecule is CCN(CC(N)=S)C(=O)c1cn(C)cn1. The van der Waals surface area contributed by atoms with E-state index in [2.05, 4.69) is 4.98 Å². The van der Waals surface area contributed by atoms with Crippen molar-refractivity contribution in [2.75, 3.05) is 13.1 Å². The molecule has 0 fully saturated rings. The number of likely N-dealkylation sites (N-methyl/N-ethyl adjacent to an activating group) is 1. The van der Waals surface area contributed by atoms with Crippen LogP contribution in [-0.2, 0) is 7.05 Å². The van der Waals surface area contributed by atoms with Crippen LogP contribution in [0.4, 0.5) is 0 Å². The molecule has 0 aliphatic heterocycles. The highest BCUT2D eigenvalue weighted by molar-refractivity contribution is 7.80. The van der Waals surface area contributed by atoms with Crippen molar-refractivity contribution in [1.29, 1.82) is 0 Å². The number of thiocarbonyl (C=S) groups is 1. The Bertz CT molecular complexity index is 374. The Morgan fingerprint density at radius 1 is 1.73 bits per heavy atom. The van der Waals surface area contributed by atoms with Crippen LogP contribution in [-0.4, -0.2) is 38.4 Å². The van der Waals surface area contributed by atoms with Gasteiger partial charge in [0.25, 0.3) is 5.91 Å². The van der Waals surface area contributed by atoms with Crippen molar-refractivity contribution >= 4 is 23.1 Å².